The van der Waals surface area contributed by atoms with Crippen molar-refractivity contribution in [3.05, 3.63) is 23.5 Å². The number of methoxy groups -OCH3 is 2. The first-order valence-electron chi connectivity index (χ1n) is 7.97. The van der Waals surface area contributed by atoms with Gasteiger partial charge < -0.3 is 24.4 Å². The number of nitrogens with zero attached hydrogens (tertiary/aromatic N) is 1. The van der Waals surface area contributed by atoms with Gasteiger partial charge in [0.15, 0.2) is 11.5 Å². The van der Waals surface area contributed by atoms with Crippen molar-refractivity contribution in [1.82, 2.24) is 10.2 Å². The minimum absolute atomic E-state index is 0.0138. The molecule has 2 rings (SSSR count). The van der Waals surface area contributed by atoms with E-state index in [2.05, 4.69) is 5.32 Å². The van der Waals surface area contributed by atoms with Crippen LogP contribution in [0.15, 0.2) is 12.1 Å². The maximum absolute atomic E-state index is 14.3. The lowest BCUT2D eigenvalue weighted by Gasteiger charge is -2.37. The molecular weight excluding hydrogens is 315 g/mol. The van der Waals surface area contributed by atoms with Gasteiger partial charge in [-0.3, -0.25) is 0 Å². The van der Waals surface area contributed by atoms with Gasteiger partial charge in [-0.1, -0.05) is 0 Å². The molecule has 1 aromatic rings. The normalized spacial score (nSPS) is 22.0. The van der Waals surface area contributed by atoms with E-state index in [1.807, 2.05) is 13.8 Å². The smallest absolute Gasteiger partial charge is 0.318 e. The number of hydrogen-bond acceptors (Lipinski definition) is 4. The number of amides is 2. The number of halogens is 1. The predicted octanol–water partition coefficient (Wildman–Crippen LogP) is 2.72. The van der Waals surface area contributed by atoms with Crippen LogP contribution in [0.2, 0.25) is 0 Å². The van der Waals surface area contributed by atoms with Crippen LogP contribution in [0.3, 0.4) is 0 Å². The Balaban J connectivity index is 2.14. The summed E-state index contributed by atoms with van der Waals surface area (Å²) in [4.78, 5) is 14.2. The van der Waals surface area contributed by atoms with Gasteiger partial charge in [0.05, 0.1) is 39.0 Å². The Kier molecular flexibility index (Phi) is 5.88. The summed E-state index contributed by atoms with van der Waals surface area (Å²) in [6, 6.07) is 2.03. The highest BCUT2D eigenvalue weighted by molar-refractivity contribution is 5.75. The van der Waals surface area contributed by atoms with Crippen molar-refractivity contribution in [1.29, 1.82) is 0 Å². The first kappa shape index (κ1) is 18.3. The number of hydrogen-bond donors (Lipinski definition) is 1. The van der Waals surface area contributed by atoms with Crippen LogP contribution in [0.25, 0.3) is 0 Å². The van der Waals surface area contributed by atoms with Crippen LogP contribution in [0, 0.1) is 5.82 Å². The molecule has 6 nitrogen and oxygen atoms in total. The third kappa shape index (κ3) is 3.90. The fourth-order valence-electron chi connectivity index (χ4n) is 2.73. The number of rotatable bonds is 4. The molecule has 7 heteroatoms. The second-order valence-electron chi connectivity index (χ2n) is 6.05. The third-order valence-electron chi connectivity index (χ3n) is 4.18. The standard InChI is InChI=1S/C17H25FN2O4/c1-10-9-24-11(2)8-20(10)17(21)19-12(3)13-6-15(22-4)16(23-5)7-14(13)18/h6-7,10-12H,8-9H2,1-5H3,(H,19,21)/t10-,11-,12+/m1/s1. The first-order chi connectivity index (χ1) is 11.4. The highest BCUT2D eigenvalue weighted by Crippen LogP contribution is 2.32. The van der Waals surface area contributed by atoms with E-state index in [0.29, 0.717) is 30.2 Å². The van der Waals surface area contributed by atoms with Gasteiger partial charge in [-0.2, -0.15) is 0 Å². The number of morpholine rings is 1. The molecule has 0 unspecified atom stereocenters. The van der Waals surface area contributed by atoms with E-state index in [-0.39, 0.29) is 18.2 Å². The molecule has 0 saturated carbocycles. The van der Waals surface area contributed by atoms with E-state index in [9.17, 15) is 9.18 Å². The summed E-state index contributed by atoms with van der Waals surface area (Å²) in [5, 5.41) is 2.84. The Morgan fingerprint density at radius 3 is 2.58 bits per heavy atom. The summed E-state index contributed by atoms with van der Waals surface area (Å²) < 4.78 is 30.1. The van der Waals surface area contributed by atoms with Gasteiger partial charge in [-0.05, 0) is 26.8 Å². The summed E-state index contributed by atoms with van der Waals surface area (Å²) >= 11 is 0. The molecule has 0 spiro atoms. The number of urea groups is 1. The van der Waals surface area contributed by atoms with Crippen molar-refractivity contribution in [2.45, 2.75) is 39.0 Å². The maximum atomic E-state index is 14.3. The fraction of sp³-hybridized carbons (Fsp3) is 0.588. The summed E-state index contributed by atoms with van der Waals surface area (Å²) in [7, 11) is 2.93. The molecule has 0 aliphatic carbocycles. The lowest BCUT2D eigenvalue weighted by molar-refractivity contribution is -0.0320. The van der Waals surface area contributed by atoms with Crippen LogP contribution in [0.4, 0.5) is 9.18 Å². The van der Waals surface area contributed by atoms with Gasteiger partial charge in [-0.15, -0.1) is 0 Å². The van der Waals surface area contributed by atoms with Crippen LogP contribution in [0.5, 0.6) is 11.5 Å². The van der Waals surface area contributed by atoms with Crippen molar-refractivity contribution in [3.8, 4) is 11.5 Å². The van der Waals surface area contributed by atoms with Crippen LogP contribution in [-0.4, -0.2) is 50.4 Å². The lowest BCUT2D eigenvalue weighted by atomic mass is 10.1. The average Bonchev–Trinajstić information content (AvgIpc) is 2.56. The Hall–Kier alpha value is -2.02. The fourth-order valence-corrected chi connectivity index (χ4v) is 2.73. The van der Waals surface area contributed by atoms with E-state index in [0.717, 1.165) is 0 Å². The minimum atomic E-state index is -0.511. The molecule has 0 radical (unpaired) electrons. The van der Waals surface area contributed by atoms with E-state index in [4.69, 9.17) is 14.2 Å². The lowest BCUT2D eigenvalue weighted by Crippen LogP contribution is -2.54. The monoisotopic (exact) mass is 340 g/mol. The molecule has 0 bridgehead atoms. The molecule has 24 heavy (non-hydrogen) atoms. The summed E-state index contributed by atoms with van der Waals surface area (Å²) in [5.74, 6) is 0.278. The van der Waals surface area contributed by atoms with Crippen LogP contribution >= 0.6 is 0 Å². The summed E-state index contributed by atoms with van der Waals surface area (Å²) in [6.45, 7) is 6.58. The largest absolute Gasteiger partial charge is 0.493 e. The number of nitrogens with one attached hydrogen (secondary N) is 1. The molecule has 1 heterocycles. The van der Waals surface area contributed by atoms with E-state index in [1.165, 1.54) is 20.3 Å². The molecule has 3 atom stereocenters. The number of ether oxygens (including phenoxy) is 3. The quantitative estimate of drug-likeness (QED) is 0.915. The van der Waals surface area contributed by atoms with E-state index >= 15 is 0 Å². The molecule has 1 aromatic carbocycles. The first-order valence-corrected chi connectivity index (χ1v) is 7.97. The van der Waals surface area contributed by atoms with Crippen molar-refractivity contribution in [2.24, 2.45) is 0 Å². The summed E-state index contributed by atoms with van der Waals surface area (Å²) in [6.07, 6.45) is -0.0138. The topological polar surface area (TPSA) is 60.0 Å². The molecule has 1 N–H and O–H groups in total. The Labute approximate surface area is 141 Å². The molecule has 1 aliphatic rings. The van der Waals surface area contributed by atoms with E-state index in [1.54, 1.807) is 17.9 Å². The van der Waals surface area contributed by atoms with Gasteiger partial charge >= 0.3 is 6.03 Å². The minimum Gasteiger partial charge on any atom is -0.493 e. The van der Waals surface area contributed by atoms with Gasteiger partial charge in [0.2, 0.25) is 0 Å². The molecule has 2 amide bonds. The molecule has 1 aliphatic heterocycles. The van der Waals surface area contributed by atoms with Crippen LogP contribution < -0.4 is 14.8 Å². The molecular formula is C17H25FN2O4. The second kappa shape index (κ2) is 7.70. The number of carbonyl (C=O) groups is 1. The molecule has 134 valence electrons. The zero-order valence-corrected chi connectivity index (χ0v) is 14.8. The SMILES string of the molecule is COc1cc(F)c([C@H](C)NC(=O)N2C[C@@H](C)OC[C@H]2C)cc1OC. The van der Waals surface area contributed by atoms with Crippen LogP contribution in [0.1, 0.15) is 32.4 Å². The summed E-state index contributed by atoms with van der Waals surface area (Å²) in [5.41, 5.74) is 0.343. The zero-order chi connectivity index (χ0) is 17.9. The van der Waals surface area contributed by atoms with Crippen molar-refractivity contribution in [3.63, 3.8) is 0 Å². The van der Waals surface area contributed by atoms with Crippen molar-refractivity contribution in [2.75, 3.05) is 27.4 Å². The van der Waals surface area contributed by atoms with Crippen LogP contribution in [-0.2, 0) is 4.74 Å². The van der Waals surface area contributed by atoms with Gasteiger partial charge in [0.25, 0.3) is 0 Å². The Morgan fingerprint density at radius 2 is 1.96 bits per heavy atom. The maximum Gasteiger partial charge on any atom is 0.318 e. The van der Waals surface area contributed by atoms with E-state index < -0.39 is 11.9 Å². The Bertz CT molecular complexity index is 596. The molecule has 0 aromatic heterocycles. The molecule has 1 saturated heterocycles. The van der Waals surface area contributed by atoms with Gasteiger partial charge in [-0.25, -0.2) is 9.18 Å². The van der Waals surface area contributed by atoms with Gasteiger partial charge in [0, 0.05) is 18.2 Å². The Morgan fingerprint density at radius 1 is 1.33 bits per heavy atom. The van der Waals surface area contributed by atoms with Gasteiger partial charge in [0.1, 0.15) is 5.82 Å². The highest BCUT2D eigenvalue weighted by Gasteiger charge is 2.29. The second-order valence-corrected chi connectivity index (χ2v) is 6.05. The third-order valence-corrected chi connectivity index (χ3v) is 4.18. The number of benzene rings is 1. The van der Waals surface area contributed by atoms with Crippen molar-refractivity contribution >= 4 is 6.03 Å². The van der Waals surface area contributed by atoms with Crippen molar-refractivity contribution < 1.29 is 23.4 Å². The highest BCUT2D eigenvalue weighted by atomic mass is 19.1. The molecule has 1 fully saturated rings. The predicted molar refractivity (Wildman–Crippen MR) is 88.0 cm³/mol. The zero-order valence-electron chi connectivity index (χ0n) is 14.8. The average molecular weight is 340 g/mol. The number of carbonyl (C=O) groups excluding carboxylic acids is 1.